The largest absolute Gasteiger partial charge is 0.494 e. The standard InChI is InChI=1S/C23H24IN3O4/c24-21-18-14-15(9-10-19(18)27(25-21)20-8-3-4-12-31-20)30-13-5-11-26-22(28)16-6-1-2-7-17(16)23(26)29/h1-2,6,9-10,14,17,20H,3-5,7-8,11-13H2. The third kappa shape index (κ3) is 3.91. The average molecular weight is 533 g/mol. The normalized spacial score (nSPS) is 23.4. The first kappa shape index (κ1) is 20.7. The number of carbonyl (C=O) groups excluding carboxylic acids is 2. The van der Waals surface area contributed by atoms with Crippen molar-refractivity contribution in [2.75, 3.05) is 19.8 Å². The second-order valence-electron chi connectivity index (χ2n) is 8.07. The van der Waals surface area contributed by atoms with Gasteiger partial charge in [0, 0.05) is 24.1 Å². The van der Waals surface area contributed by atoms with Crippen molar-refractivity contribution in [1.29, 1.82) is 0 Å². The Balaban J connectivity index is 1.20. The molecule has 1 aromatic carbocycles. The van der Waals surface area contributed by atoms with E-state index >= 15 is 0 Å². The monoisotopic (exact) mass is 533 g/mol. The SMILES string of the molecule is O=C1C2=CC=CCC2C(=O)N1CCCOc1ccc2c(c1)c(I)nn2C1CCCCO1. The molecule has 8 heteroatoms. The molecule has 0 N–H and O–H groups in total. The van der Waals surface area contributed by atoms with E-state index in [-0.39, 0.29) is 24.0 Å². The number of likely N-dealkylation sites (tertiary alicyclic amines) is 1. The van der Waals surface area contributed by atoms with Gasteiger partial charge in [0.15, 0.2) is 6.23 Å². The molecule has 162 valence electrons. The molecule has 0 saturated carbocycles. The molecule has 0 bridgehead atoms. The van der Waals surface area contributed by atoms with E-state index in [9.17, 15) is 9.59 Å². The number of benzene rings is 1. The van der Waals surface area contributed by atoms with Crippen LogP contribution in [0, 0.1) is 9.62 Å². The van der Waals surface area contributed by atoms with Gasteiger partial charge in [-0.2, -0.15) is 5.10 Å². The third-order valence-electron chi connectivity index (χ3n) is 6.07. The molecule has 5 rings (SSSR count). The van der Waals surface area contributed by atoms with Crippen LogP contribution in [-0.2, 0) is 14.3 Å². The maximum atomic E-state index is 12.5. The van der Waals surface area contributed by atoms with Crippen molar-refractivity contribution >= 4 is 45.3 Å². The number of ether oxygens (including phenoxy) is 2. The Bertz CT molecular complexity index is 1080. The summed E-state index contributed by atoms with van der Waals surface area (Å²) in [6, 6.07) is 5.97. The maximum absolute atomic E-state index is 12.5. The number of halogens is 1. The minimum absolute atomic E-state index is 0.00363. The summed E-state index contributed by atoms with van der Waals surface area (Å²) >= 11 is 2.25. The molecule has 1 aliphatic carbocycles. The lowest BCUT2D eigenvalue weighted by atomic mass is 9.94. The van der Waals surface area contributed by atoms with Crippen molar-refractivity contribution in [2.24, 2.45) is 5.92 Å². The van der Waals surface area contributed by atoms with Crippen LogP contribution in [0.5, 0.6) is 5.75 Å². The Hall–Kier alpha value is -2.20. The van der Waals surface area contributed by atoms with E-state index in [2.05, 4.69) is 27.7 Å². The predicted molar refractivity (Wildman–Crippen MR) is 123 cm³/mol. The Morgan fingerprint density at radius 2 is 2.16 bits per heavy atom. The summed E-state index contributed by atoms with van der Waals surface area (Å²) < 4.78 is 14.7. The van der Waals surface area contributed by atoms with Crippen LogP contribution < -0.4 is 4.74 Å². The molecule has 0 spiro atoms. The van der Waals surface area contributed by atoms with Crippen LogP contribution in [0.4, 0.5) is 0 Å². The van der Waals surface area contributed by atoms with Crippen LogP contribution in [0.25, 0.3) is 10.9 Å². The number of allylic oxidation sites excluding steroid dienone is 3. The van der Waals surface area contributed by atoms with Gasteiger partial charge >= 0.3 is 0 Å². The van der Waals surface area contributed by atoms with Crippen LogP contribution in [-0.4, -0.2) is 46.3 Å². The van der Waals surface area contributed by atoms with Gasteiger partial charge in [0.25, 0.3) is 5.91 Å². The molecule has 2 atom stereocenters. The van der Waals surface area contributed by atoms with E-state index in [1.165, 1.54) is 4.90 Å². The molecular weight excluding hydrogens is 509 g/mol. The maximum Gasteiger partial charge on any atom is 0.257 e. The molecule has 3 aliphatic rings. The fourth-order valence-corrected chi connectivity index (χ4v) is 5.12. The summed E-state index contributed by atoms with van der Waals surface area (Å²) in [5.74, 6) is 0.211. The van der Waals surface area contributed by atoms with Gasteiger partial charge in [0.05, 0.1) is 18.0 Å². The zero-order valence-corrected chi connectivity index (χ0v) is 19.3. The van der Waals surface area contributed by atoms with Crippen molar-refractivity contribution in [2.45, 2.75) is 38.3 Å². The quantitative estimate of drug-likeness (QED) is 0.319. The summed E-state index contributed by atoms with van der Waals surface area (Å²) in [7, 11) is 0. The van der Waals surface area contributed by atoms with Crippen LogP contribution >= 0.6 is 22.6 Å². The molecule has 2 fully saturated rings. The minimum Gasteiger partial charge on any atom is -0.494 e. The van der Waals surface area contributed by atoms with E-state index in [1.807, 2.05) is 35.0 Å². The van der Waals surface area contributed by atoms with Crippen LogP contribution in [0.3, 0.4) is 0 Å². The van der Waals surface area contributed by atoms with E-state index in [0.717, 1.165) is 46.2 Å². The summed E-state index contributed by atoms with van der Waals surface area (Å²) in [6.45, 7) is 1.59. The van der Waals surface area contributed by atoms with Gasteiger partial charge in [0.2, 0.25) is 5.91 Å². The highest BCUT2D eigenvalue weighted by molar-refractivity contribution is 14.1. The minimum atomic E-state index is -0.299. The highest BCUT2D eigenvalue weighted by atomic mass is 127. The molecule has 3 heterocycles. The Morgan fingerprint density at radius 1 is 1.26 bits per heavy atom. The van der Waals surface area contributed by atoms with Gasteiger partial charge < -0.3 is 9.47 Å². The molecular formula is C23H24IN3O4. The number of fused-ring (bicyclic) bond motifs is 2. The van der Waals surface area contributed by atoms with Crippen molar-refractivity contribution in [3.8, 4) is 5.75 Å². The lowest BCUT2D eigenvalue weighted by molar-refractivity contribution is -0.139. The summed E-state index contributed by atoms with van der Waals surface area (Å²) in [4.78, 5) is 26.3. The first-order valence-electron chi connectivity index (χ1n) is 10.8. The second kappa shape index (κ2) is 8.74. The first-order valence-corrected chi connectivity index (χ1v) is 11.9. The van der Waals surface area contributed by atoms with Gasteiger partial charge in [0.1, 0.15) is 9.45 Å². The number of rotatable bonds is 6. The molecule has 2 amide bonds. The van der Waals surface area contributed by atoms with E-state index in [0.29, 0.717) is 31.6 Å². The number of nitrogens with zero attached hydrogens (tertiary/aromatic N) is 3. The number of imide groups is 1. The van der Waals surface area contributed by atoms with Crippen molar-refractivity contribution in [3.05, 3.63) is 45.7 Å². The lowest BCUT2D eigenvalue weighted by Crippen LogP contribution is -2.32. The fraction of sp³-hybridized carbons (Fsp3) is 0.435. The zero-order valence-electron chi connectivity index (χ0n) is 17.1. The number of hydrogen-bond acceptors (Lipinski definition) is 5. The van der Waals surface area contributed by atoms with Crippen LogP contribution in [0.2, 0.25) is 0 Å². The van der Waals surface area contributed by atoms with Crippen molar-refractivity contribution < 1.29 is 19.1 Å². The van der Waals surface area contributed by atoms with E-state index in [1.54, 1.807) is 6.08 Å². The summed E-state index contributed by atoms with van der Waals surface area (Å²) in [5.41, 5.74) is 1.66. The Labute approximate surface area is 194 Å². The topological polar surface area (TPSA) is 73.7 Å². The van der Waals surface area contributed by atoms with E-state index in [4.69, 9.17) is 9.47 Å². The van der Waals surface area contributed by atoms with Crippen molar-refractivity contribution in [1.82, 2.24) is 14.7 Å². The lowest BCUT2D eigenvalue weighted by Gasteiger charge is -2.23. The fourth-order valence-electron chi connectivity index (χ4n) is 4.46. The number of amides is 2. The Morgan fingerprint density at radius 3 is 2.97 bits per heavy atom. The summed E-state index contributed by atoms with van der Waals surface area (Å²) in [5, 5.41) is 5.73. The van der Waals surface area contributed by atoms with Gasteiger partial charge in [-0.15, -0.1) is 0 Å². The Kier molecular flexibility index (Phi) is 5.83. The van der Waals surface area contributed by atoms with Gasteiger partial charge in [-0.1, -0.05) is 18.2 Å². The summed E-state index contributed by atoms with van der Waals surface area (Å²) in [6.07, 6.45) is 9.99. The predicted octanol–water partition coefficient (Wildman–Crippen LogP) is 3.98. The average Bonchev–Trinajstić information content (AvgIpc) is 3.26. The molecule has 2 unspecified atom stereocenters. The zero-order chi connectivity index (χ0) is 21.4. The highest BCUT2D eigenvalue weighted by Gasteiger charge is 2.42. The van der Waals surface area contributed by atoms with Crippen LogP contribution in [0.15, 0.2) is 42.0 Å². The van der Waals surface area contributed by atoms with Gasteiger partial charge in [-0.25, -0.2) is 4.68 Å². The second-order valence-corrected chi connectivity index (χ2v) is 9.09. The van der Waals surface area contributed by atoms with Gasteiger partial charge in [-0.3, -0.25) is 14.5 Å². The smallest absolute Gasteiger partial charge is 0.257 e. The third-order valence-corrected chi connectivity index (χ3v) is 6.87. The molecule has 1 aromatic heterocycles. The molecule has 2 saturated heterocycles. The first-order chi connectivity index (χ1) is 15.1. The molecule has 0 radical (unpaired) electrons. The molecule has 2 aliphatic heterocycles. The van der Waals surface area contributed by atoms with E-state index < -0.39 is 0 Å². The molecule has 7 nitrogen and oxygen atoms in total. The van der Waals surface area contributed by atoms with Crippen LogP contribution in [0.1, 0.15) is 38.3 Å². The molecule has 2 aromatic rings. The van der Waals surface area contributed by atoms with Gasteiger partial charge in [-0.05, 0) is 72.9 Å². The van der Waals surface area contributed by atoms with Crippen molar-refractivity contribution in [3.63, 3.8) is 0 Å². The number of aromatic nitrogens is 2. The number of carbonyl (C=O) groups is 2. The molecule has 31 heavy (non-hydrogen) atoms. The number of hydrogen-bond donors (Lipinski definition) is 0. The highest BCUT2D eigenvalue weighted by Crippen LogP contribution is 2.32.